The van der Waals surface area contributed by atoms with Crippen LogP contribution in [-0.2, 0) is 30.4 Å². The molecule has 0 saturated carbocycles. The Hall–Kier alpha value is -3.30. The smallest absolute Gasteiger partial charge is 0.407 e. The molecule has 3 amide bonds. The third kappa shape index (κ3) is 18.1. The highest BCUT2D eigenvalue weighted by atomic mass is 16.6. The molecule has 1 unspecified atom stereocenters. The second-order valence-electron chi connectivity index (χ2n) is 12.2. The molecule has 0 aliphatic rings. The van der Waals surface area contributed by atoms with Gasteiger partial charge in [-0.15, -0.1) is 0 Å². The largest absolute Gasteiger partial charge is 0.460 e. The molecule has 0 aromatic heterocycles. The van der Waals surface area contributed by atoms with Crippen molar-refractivity contribution in [2.75, 3.05) is 13.2 Å². The minimum Gasteiger partial charge on any atom is -0.460 e. The van der Waals surface area contributed by atoms with E-state index < -0.39 is 35.7 Å². The lowest BCUT2D eigenvalue weighted by molar-refractivity contribution is -0.155. The first kappa shape index (κ1) is 34.7. The van der Waals surface area contributed by atoms with Gasteiger partial charge in [-0.1, -0.05) is 51.1 Å². The van der Waals surface area contributed by atoms with Gasteiger partial charge < -0.3 is 30.2 Å². The first-order valence-corrected chi connectivity index (χ1v) is 14.0. The van der Waals surface area contributed by atoms with Crippen LogP contribution >= 0.6 is 0 Å². The molecule has 10 heteroatoms. The summed E-state index contributed by atoms with van der Waals surface area (Å²) in [7, 11) is 0. The third-order valence-electron chi connectivity index (χ3n) is 5.69. The summed E-state index contributed by atoms with van der Waals surface area (Å²) in [4.78, 5) is 49.4. The quantitative estimate of drug-likeness (QED) is 0.151. The van der Waals surface area contributed by atoms with Gasteiger partial charge in [0.1, 0.15) is 18.2 Å². The van der Waals surface area contributed by atoms with E-state index in [0.717, 1.165) is 12.0 Å². The third-order valence-corrected chi connectivity index (χ3v) is 5.69. The summed E-state index contributed by atoms with van der Waals surface area (Å²) in [6, 6.07) is 8.31. The maximum atomic E-state index is 13.0. The van der Waals surface area contributed by atoms with E-state index in [1.165, 1.54) is 0 Å². The Balaban J connectivity index is 2.46. The summed E-state index contributed by atoms with van der Waals surface area (Å²) in [5.41, 5.74) is 0.274. The van der Waals surface area contributed by atoms with Crippen molar-refractivity contribution in [2.45, 2.75) is 111 Å². The number of carbonyl (C=O) groups is 4. The Morgan fingerprint density at radius 3 is 2.15 bits per heavy atom. The van der Waals surface area contributed by atoms with Gasteiger partial charge in [-0.25, -0.2) is 9.59 Å². The van der Waals surface area contributed by atoms with E-state index >= 15 is 0 Å². The average molecular weight is 564 g/mol. The first-order chi connectivity index (χ1) is 18.6. The topological polar surface area (TPSA) is 132 Å². The van der Waals surface area contributed by atoms with Gasteiger partial charge in [0.25, 0.3) is 0 Å². The summed E-state index contributed by atoms with van der Waals surface area (Å²) in [6.45, 7) is 14.2. The lowest BCUT2D eigenvalue weighted by atomic mass is 9.93. The Morgan fingerprint density at radius 2 is 1.52 bits per heavy atom. The van der Waals surface area contributed by atoms with Crippen molar-refractivity contribution in [3.63, 3.8) is 0 Å². The molecule has 3 N–H and O–H groups in total. The van der Waals surface area contributed by atoms with Gasteiger partial charge in [-0.3, -0.25) is 9.59 Å². The van der Waals surface area contributed by atoms with Crippen LogP contribution in [0, 0.1) is 5.41 Å². The maximum absolute atomic E-state index is 13.0. The Kier molecular flexibility index (Phi) is 15.1. The SMILES string of the molecule is CC(CCCCNC(=O)OCc1ccccc1)NC(=O)[C@H](CCC(=O)OC(C)(C)C)NC(=O)OCCC(C)(C)C. The molecule has 2 atom stereocenters. The van der Waals surface area contributed by atoms with Crippen LogP contribution in [0.15, 0.2) is 30.3 Å². The van der Waals surface area contributed by atoms with E-state index in [1.54, 1.807) is 20.8 Å². The molecule has 1 aromatic rings. The molecule has 0 saturated heterocycles. The monoisotopic (exact) mass is 563 g/mol. The predicted molar refractivity (Wildman–Crippen MR) is 154 cm³/mol. The lowest BCUT2D eigenvalue weighted by Gasteiger charge is -2.23. The summed E-state index contributed by atoms with van der Waals surface area (Å²) < 4.78 is 15.8. The van der Waals surface area contributed by atoms with Crippen molar-refractivity contribution in [2.24, 2.45) is 5.41 Å². The summed E-state index contributed by atoms with van der Waals surface area (Å²) in [5.74, 6) is -0.845. The molecular weight excluding hydrogens is 514 g/mol. The van der Waals surface area contributed by atoms with Crippen molar-refractivity contribution in [1.29, 1.82) is 0 Å². The van der Waals surface area contributed by atoms with Crippen molar-refractivity contribution < 1.29 is 33.4 Å². The van der Waals surface area contributed by atoms with Crippen LogP contribution < -0.4 is 16.0 Å². The molecule has 226 valence electrons. The molecule has 0 spiro atoms. The number of rotatable bonds is 15. The molecule has 1 aromatic carbocycles. The second kappa shape index (κ2) is 17.4. The average Bonchev–Trinajstić information content (AvgIpc) is 2.83. The Bertz CT molecular complexity index is 923. The number of amides is 3. The number of nitrogens with one attached hydrogen (secondary N) is 3. The van der Waals surface area contributed by atoms with Crippen molar-refractivity contribution in [3.05, 3.63) is 35.9 Å². The number of hydrogen-bond acceptors (Lipinski definition) is 7. The highest BCUT2D eigenvalue weighted by Crippen LogP contribution is 2.18. The van der Waals surface area contributed by atoms with Crippen LogP contribution in [0.5, 0.6) is 0 Å². The van der Waals surface area contributed by atoms with Crippen LogP contribution in [0.3, 0.4) is 0 Å². The molecule has 0 aliphatic carbocycles. The zero-order valence-corrected chi connectivity index (χ0v) is 25.3. The zero-order valence-electron chi connectivity index (χ0n) is 25.3. The molecule has 10 nitrogen and oxygen atoms in total. The standard InChI is InChI=1S/C30H49N3O7/c1-22(13-11-12-19-31-27(36)39-21-23-14-9-8-10-15-23)32-26(35)24(16-17-25(34)40-30(5,6)7)33-28(37)38-20-18-29(2,3)4/h8-10,14-15,22,24H,11-13,16-21H2,1-7H3,(H,31,36)(H,32,35)(H,33,37)/t22?,24-/m0/s1. The minimum atomic E-state index is -0.946. The fourth-order valence-corrected chi connectivity index (χ4v) is 3.51. The van der Waals surface area contributed by atoms with Crippen LogP contribution in [0.1, 0.15) is 92.6 Å². The Morgan fingerprint density at radius 1 is 0.850 bits per heavy atom. The number of hydrogen-bond donors (Lipinski definition) is 3. The fraction of sp³-hybridized carbons (Fsp3) is 0.667. The lowest BCUT2D eigenvalue weighted by Crippen LogP contribution is -2.49. The maximum Gasteiger partial charge on any atom is 0.407 e. The molecule has 0 heterocycles. The summed E-state index contributed by atoms with van der Waals surface area (Å²) in [5, 5.41) is 8.22. The van der Waals surface area contributed by atoms with Crippen molar-refractivity contribution in [1.82, 2.24) is 16.0 Å². The molecule has 0 fully saturated rings. The minimum absolute atomic E-state index is 0.00119. The highest BCUT2D eigenvalue weighted by molar-refractivity contribution is 5.86. The molecular formula is C30H49N3O7. The van der Waals surface area contributed by atoms with Crippen LogP contribution in [0.2, 0.25) is 0 Å². The van der Waals surface area contributed by atoms with Crippen LogP contribution in [0.4, 0.5) is 9.59 Å². The van der Waals surface area contributed by atoms with Crippen LogP contribution in [0.25, 0.3) is 0 Å². The summed E-state index contributed by atoms with van der Waals surface area (Å²) >= 11 is 0. The first-order valence-electron chi connectivity index (χ1n) is 14.0. The normalized spacial score (nSPS) is 13.0. The summed E-state index contributed by atoms with van der Waals surface area (Å²) in [6.07, 6.45) is 1.68. The number of unbranched alkanes of at least 4 members (excludes halogenated alkanes) is 1. The number of ether oxygens (including phenoxy) is 3. The fourth-order valence-electron chi connectivity index (χ4n) is 3.51. The van der Waals surface area contributed by atoms with E-state index in [-0.39, 0.29) is 37.5 Å². The molecule has 0 radical (unpaired) electrons. The van der Waals surface area contributed by atoms with Gasteiger partial charge in [0, 0.05) is 19.0 Å². The van der Waals surface area contributed by atoms with E-state index in [2.05, 4.69) is 16.0 Å². The van der Waals surface area contributed by atoms with E-state index in [9.17, 15) is 19.2 Å². The zero-order chi connectivity index (χ0) is 30.2. The number of alkyl carbamates (subject to hydrolysis) is 2. The number of esters is 1. The molecule has 1 rings (SSSR count). The van der Waals surface area contributed by atoms with Crippen molar-refractivity contribution in [3.8, 4) is 0 Å². The van der Waals surface area contributed by atoms with E-state index in [0.29, 0.717) is 25.8 Å². The number of carbonyl (C=O) groups excluding carboxylic acids is 4. The van der Waals surface area contributed by atoms with Gasteiger partial charge in [-0.2, -0.15) is 0 Å². The van der Waals surface area contributed by atoms with E-state index in [1.807, 2.05) is 58.0 Å². The molecule has 40 heavy (non-hydrogen) atoms. The van der Waals surface area contributed by atoms with E-state index in [4.69, 9.17) is 14.2 Å². The van der Waals surface area contributed by atoms with Crippen LogP contribution in [-0.4, -0.2) is 54.9 Å². The highest BCUT2D eigenvalue weighted by Gasteiger charge is 2.25. The van der Waals surface area contributed by atoms with Crippen molar-refractivity contribution >= 4 is 24.1 Å². The van der Waals surface area contributed by atoms with Gasteiger partial charge in [0.2, 0.25) is 5.91 Å². The number of benzene rings is 1. The second-order valence-corrected chi connectivity index (χ2v) is 12.2. The van der Waals surface area contributed by atoms with Gasteiger partial charge in [-0.05, 0) is 70.8 Å². The molecule has 0 aliphatic heterocycles. The molecule has 0 bridgehead atoms. The Labute approximate surface area is 239 Å². The van der Waals surface area contributed by atoms with Gasteiger partial charge >= 0.3 is 18.2 Å². The van der Waals surface area contributed by atoms with Gasteiger partial charge in [0.15, 0.2) is 0 Å². The van der Waals surface area contributed by atoms with Gasteiger partial charge in [0.05, 0.1) is 6.61 Å². The predicted octanol–water partition coefficient (Wildman–Crippen LogP) is 5.24.